The van der Waals surface area contributed by atoms with E-state index in [1.165, 1.54) is 13.4 Å². The molecular formula is C24H40O5Si. The van der Waals surface area contributed by atoms with E-state index in [9.17, 15) is 9.59 Å². The molecule has 170 valence electrons. The molecule has 0 amide bonds. The third kappa shape index (κ3) is 6.42. The number of allylic oxidation sites excluding steroid dienone is 1. The molecule has 0 saturated carbocycles. The third-order valence-corrected chi connectivity index (χ3v) is 12.3. The second-order valence-corrected chi connectivity index (χ2v) is 14.6. The molecule has 0 unspecified atom stereocenters. The van der Waals surface area contributed by atoms with Crippen LogP contribution in [0.4, 0.5) is 0 Å². The fourth-order valence-electron chi connectivity index (χ4n) is 4.65. The van der Waals surface area contributed by atoms with Crippen LogP contribution >= 0.6 is 0 Å². The summed E-state index contributed by atoms with van der Waals surface area (Å²) < 4.78 is 16.7. The average Bonchev–Trinajstić information content (AvgIpc) is 3.11. The van der Waals surface area contributed by atoms with Gasteiger partial charge in [0.25, 0.3) is 0 Å². The van der Waals surface area contributed by atoms with E-state index in [0.29, 0.717) is 47.2 Å². The van der Waals surface area contributed by atoms with Crippen LogP contribution in [0, 0.1) is 5.92 Å². The molecule has 6 heteroatoms. The van der Waals surface area contributed by atoms with Gasteiger partial charge in [-0.1, -0.05) is 53.7 Å². The minimum absolute atomic E-state index is 0.0470. The van der Waals surface area contributed by atoms with E-state index in [0.717, 1.165) is 5.57 Å². The molecule has 0 N–H and O–H groups in total. The highest BCUT2D eigenvalue weighted by atomic mass is 28.4. The van der Waals surface area contributed by atoms with Crippen molar-refractivity contribution in [2.75, 3.05) is 13.7 Å². The molecule has 0 aliphatic heterocycles. The Labute approximate surface area is 183 Å². The van der Waals surface area contributed by atoms with Gasteiger partial charge in [0.05, 0.1) is 20.0 Å². The summed E-state index contributed by atoms with van der Waals surface area (Å²) in [5.74, 6) is 0.323. The first-order chi connectivity index (χ1) is 14.0. The Morgan fingerprint density at radius 3 is 2.13 bits per heavy atom. The summed E-state index contributed by atoms with van der Waals surface area (Å²) in [6, 6.07) is 1.61. The van der Waals surface area contributed by atoms with Crippen LogP contribution < -0.4 is 0 Å². The van der Waals surface area contributed by atoms with Gasteiger partial charge in [0.15, 0.2) is 5.78 Å². The Morgan fingerprint density at radius 2 is 1.67 bits per heavy atom. The quantitative estimate of drug-likeness (QED) is 0.205. The number of carbonyl (C=O) groups is 2. The molecule has 0 aliphatic rings. The molecule has 1 aromatic heterocycles. The Bertz CT molecular complexity index is 695. The zero-order chi connectivity index (χ0) is 23.1. The summed E-state index contributed by atoms with van der Waals surface area (Å²) in [7, 11) is -0.699. The van der Waals surface area contributed by atoms with Crippen molar-refractivity contribution in [1.29, 1.82) is 0 Å². The topological polar surface area (TPSA) is 65.7 Å². The molecule has 1 atom stereocenters. The molecule has 0 fully saturated rings. The zero-order valence-electron chi connectivity index (χ0n) is 20.0. The van der Waals surface area contributed by atoms with Gasteiger partial charge in [-0.25, -0.2) is 4.79 Å². The van der Waals surface area contributed by atoms with Gasteiger partial charge in [-0.2, -0.15) is 0 Å². The lowest BCUT2D eigenvalue weighted by Crippen LogP contribution is -2.48. The van der Waals surface area contributed by atoms with Gasteiger partial charge in [-0.3, -0.25) is 4.79 Å². The fraction of sp³-hybridized carbons (Fsp3) is 0.667. The maximum atomic E-state index is 12.7. The molecule has 0 spiro atoms. The van der Waals surface area contributed by atoms with Crippen molar-refractivity contribution in [3.63, 3.8) is 0 Å². The van der Waals surface area contributed by atoms with Crippen molar-refractivity contribution in [2.24, 2.45) is 5.92 Å². The van der Waals surface area contributed by atoms with Gasteiger partial charge >= 0.3 is 5.97 Å². The second-order valence-electron chi connectivity index (χ2n) is 9.18. The smallest absolute Gasteiger partial charge is 0.341 e. The number of carbonyl (C=O) groups excluding carboxylic acids is 2. The summed E-state index contributed by atoms with van der Waals surface area (Å²) >= 11 is 0. The Balaban J connectivity index is 2.76. The summed E-state index contributed by atoms with van der Waals surface area (Å²) in [5, 5.41) is 0. The van der Waals surface area contributed by atoms with Crippen molar-refractivity contribution in [3.8, 4) is 0 Å². The van der Waals surface area contributed by atoms with Gasteiger partial charge in [0, 0.05) is 12.8 Å². The van der Waals surface area contributed by atoms with E-state index in [1.807, 2.05) is 6.92 Å². The number of ketones is 1. The van der Waals surface area contributed by atoms with Crippen molar-refractivity contribution < 1.29 is 23.2 Å². The lowest BCUT2D eigenvalue weighted by molar-refractivity contribution is -0.121. The molecule has 0 bridgehead atoms. The van der Waals surface area contributed by atoms with E-state index in [-0.39, 0.29) is 18.3 Å². The van der Waals surface area contributed by atoms with Crippen LogP contribution in [0.3, 0.4) is 0 Å². The molecule has 1 aromatic rings. The average molecular weight is 437 g/mol. The highest BCUT2D eigenvalue weighted by Gasteiger charge is 2.45. The number of rotatable bonds is 13. The minimum atomic E-state index is -2.05. The minimum Gasteiger partial charge on any atom is -0.468 e. The third-order valence-electron chi connectivity index (χ3n) is 6.24. The van der Waals surface area contributed by atoms with Crippen LogP contribution in [0.25, 0.3) is 0 Å². The number of Topliss-reactive ketones (excluding diaryl/α,β-unsaturated/α-hetero) is 1. The van der Waals surface area contributed by atoms with Gasteiger partial charge in [-0.05, 0) is 42.0 Å². The van der Waals surface area contributed by atoms with Crippen LogP contribution in [0.15, 0.2) is 28.9 Å². The Morgan fingerprint density at radius 1 is 1.10 bits per heavy atom. The number of hydrogen-bond acceptors (Lipinski definition) is 5. The fourth-order valence-corrected chi connectivity index (χ4v) is 10.1. The van der Waals surface area contributed by atoms with Crippen LogP contribution in [0.5, 0.6) is 0 Å². The van der Waals surface area contributed by atoms with Gasteiger partial charge < -0.3 is 13.6 Å². The first-order valence-electron chi connectivity index (χ1n) is 10.9. The molecule has 0 saturated heterocycles. The molecular weight excluding hydrogens is 396 g/mol. The molecule has 30 heavy (non-hydrogen) atoms. The molecule has 0 aromatic carbocycles. The predicted molar refractivity (Wildman–Crippen MR) is 123 cm³/mol. The van der Waals surface area contributed by atoms with Gasteiger partial charge in [-0.15, -0.1) is 0 Å². The van der Waals surface area contributed by atoms with Gasteiger partial charge in [0.1, 0.15) is 11.3 Å². The normalized spacial score (nSPS) is 13.2. The number of ether oxygens (including phenoxy) is 1. The maximum absolute atomic E-state index is 12.7. The van der Waals surface area contributed by atoms with E-state index in [2.05, 4.69) is 48.1 Å². The van der Waals surface area contributed by atoms with Gasteiger partial charge in [0.2, 0.25) is 8.32 Å². The number of methoxy groups -OCH3 is 1. The van der Waals surface area contributed by atoms with Crippen LogP contribution in [-0.4, -0.2) is 33.8 Å². The Hall–Kier alpha value is -1.66. The number of hydrogen-bond donors (Lipinski definition) is 0. The SMILES string of the molecule is C=C(C)[C@@H](CCC(=O)CO[Si](C(C)C)(C(C)C)C(C)C)Cc1occc1C(=O)OC. The van der Waals surface area contributed by atoms with Crippen molar-refractivity contribution >= 4 is 20.1 Å². The van der Waals surface area contributed by atoms with Crippen LogP contribution in [-0.2, 0) is 20.4 Å². The largest absolute Gasteiger partial charge is 0.468 e. The standard InChI is InChI=1S/C24H40O5Si/c1-16(2)20(14-23-22(12-13-28-23)24(26)27-9)10-11-21(25)15-29-30(17(3)4,18(5)6)19(7)8/h12-13,17-20H,1,10-11,14-15H2,2-9H3/t20-/m0/s1. The summed E-state index contributed by atoms with van der Waals surface area (Å²) in [6.45, 7) is 19.5. The first kappa shape index (κ1) is 26.4. The molecule has 0 aliphatic carbocycles. The highest BCUT2D eigenvalue weighted by Crippen LogP contribution is 2.42. The summed E-state index contributed by atoms with van der Waals surface area (Å²) in [4.78, 5) is 24.6. The lowest BCUT2D eigenvalue weighted by atomic mass is 9.90. The van der Waals surface area contributed by atoms with E-state index >= 15 is 0 Å². The van der Waals surface area contributed by atoms with Crippen molar-refractivity contribution in [1.82, 2.24) is 0 Å². The predicted octanol–water partition coefficient (Wildman–Crippen LogP) is 6.34. The zero-order valence-corrected chi connectivity index (χ0v) is 21.0. The maximum Gasteiger partial charge on any atom is 0.341 e. The number of esters is 1. The monoisotopic (exact) mass is 436 g/mol. The Kier molecular flexibility index (Phi) is 10.2. The second kappa shape index (κ2) is 11.7. The summed E-state index contributed by atoms with van der Waals surface area (Å²) in [6.07, 6.45) is 3.08. The van der Waals surface area contributed by atoms with Crippen molar-refractivity contribution in [2.45, 2.75) is 84.4 Å². The summed E-state index contributed by atoms with van der Waals surface area (Å²) in [5.41, 5.74) is 2.74. The molecule has 0 radical (unpaired) electrons. The van der Waals surface area contributed by atoms with Crippen LogP contribution in [0.1, 0.15) is 77.4 Å². The molecule has 5 nitrogen and oxygen atoms in total. The molecule has 1 heterocycles. The first-order valence-corrected chi connectivity index (χ1v) is 13.1. The molecule has 1 rings (SSSR count). The van der Waals surface area contributed by atoms with E-state index in [4.69, 9.17) is 13.6 Å². The number of furan rings is 1. The van der Waals surface area contributed by atoms with E-state index < -0.39 is 14.3 Å². The highest BCUT2D eigenvalue weighted by molar-refractivity contribution is 6.77. The van der Waals surface area contributed by atoms with Crippen LogP contribution in [0.2, 0.25) is 16.6 Å². The van der Waals surface area contributed by atoms with E-state index in [1.54, 1.807) is 6.07 Å². The van der Waals surface area contributed by atoms with Crippen molar-refractivity contribution in [3.05, 3.63) is 35.8 Å². The lowest BCUT2D eigenvalue weighted by Gasteiger charge is -2.42.